The van der Waals surface area contributed by atoms with Gasteiger partial charge in [0.1, 0.15) is 0 Å². The molecule has 10 rings (SSSR count). The largest absolute Gasteiger partial charge is 4.00 e. The number of aromatic nitrogens is 2. The quantitative estimate of drug-likeness (QED) is 0.227. The number of rotatable bonds is 2. The summed E-state index contributed by atoms with van der Waals surface area (Å²) in [5, 5.41) is 8.23. The molecule has 2 nitrogen and oxygen atoms in total. The van der Waals surface area contributed by atoms with Crippen molar-refractivity contribution in [2.45, 2.75) is 51.4 Å². The Balaban J connectivity index is 0.000000155. The van der Waals surface area contributed by atoms with E-state index in [0.29, 0.717) is 0 Å². The zero-order valence-corrected chi connectivity index (χ0v) is 30.3. The van der Waals surface area contributed by atoms with Gasteiger partial charge in [-0.3, -0.25) is 0 Å². The summed E-state index contributed by atoms with van der Waals surface area (Å²) in [7, 11) is 0. The van der Waals surface area contributed by atoms with E-state index >= 15 is 0 Å². The minimum Gasteiger partial charge on any atom is -1.00 e. The molecule has 0 N–H and O–H groups in total. The zero-order valence-electron chi connectivity index (χ0n) is 26.4. The Bertz CT molecular complexity index is 2080. The molecule has 2 aliphatic rings. The van der Waals surface area contributed by atoms with E-state index in [4.69, 9.17) is 0 Å². The third-order valence-corrected chi connectivity index (χ3v) is 10.1. The van der Waals surface area contributed by atoms with Crippen LogP contribution in [-0.2, 0) is 51.9 Å². The molecule has 8 aromatic rings. The van der Waals surface area contributed by atoms with Gasteiger partial charge in [0, 0.05) is 22.2 Å². The molecule has 0 atom stereocenters. The number of fused-ring (bicyclic) bond motifs is 8. The van der Waals surface area contributed by atoms with E-state index in [1.807, 2.05) is 0 Å². The van der Waals surface area contributed by atoms with Crippen LogP contribution in [0, 0.1) is 0 Å². The Hall–Kier alpha value is -3.36. The van der Waals surface area contributed by atoms with Crippen molar-refractivity contribution in [3.63, 3.8) is 0 Å². The smallest absolute Gasteiger partial charge is 1.00 e. The number of benzene rings is 4. The Morgan fingerprint density at radius 1 is 0.447 bits per heavy atom. The van der Waals surface area contributed by atoms with Gasteiger partial charge in [0.25, 0.3) is 0 Å². The average Bonchev–Trinajstić information content (AvgIpc) is 3.85. The average molecular weight is 731 g/mol. The molecule has 47 heavy (non-hydrogen) atoms. The molecule has 0 aliphatic heterocycles. The first kappa shape index (κ1) is 33.5. The van der Waals surface area contributed by atoms with Crippen molar-refractivity contribution in [3.8, 4) is 11.4 Å². The topological polar surface area (TPSA) is 9.86 Å². The predicted octanol–water partition coefficient (Wildman–Crippen LogP) is 4.77. The maximum Gasteiger partial charge on any atom is 4.00 e. The van der Waals surface area contributed by atoms with Gasteiger partial charge in [0.15, 0.2) is 0 Å². The summed E-state index contributed by atoms with van der Waals surface area (Å²) >= 11 is 0. The molecular formula is C42H36Cl2N2Zr. The second-order valence-electron chi connectivity index (χ2n) is 12.7. The van der Waals surface area contributed by atoms with Gasteiger partial charge in [0.05, 0.1) is 11.0 Å². The van der Waals surface area contributed by atoms with Crippen LogP contribution in [0.4, 0.5) is 0 Å². The summed E-state index contributed by atoms with van der Waals surface area (Å²) in [4.78, 5) is 0. The number of hydrogen-bond acceptors (Lipinski definition) is 0. The number of halogens is 2. The van der Waals surface area contributed by atoms with Gasteiger partial charge in [-0.2, -0.15) is 0 Å². The van der Waals surface area contributed by atoms with Crippen LogP contribution in [0.2, 0.25) is 0 Å². The number of para-hydroxylation sites is 2. The first-order chi connectivity index (χ1) is 21.8. The molecular weight excluding hydrogens is 695 g/mol. The SMILES string of the molecule is [Cl-].[Cl-].[Zr+4].c1ccc2[cH-]c(-n3c4c(c5ccccc53)CCCC4)cc2c1.c1ccc2[cH-]c(-n3c4c(c5ccccc53)CCCC4)cc2c1. The molecule has 0 spiro atoms. The number of nitrogens with zero attached hydrogens (tertiary/aromatic N) is 2. The standard InChI is InChI=1S/2C21H18N.2ClH.Zr/c2*1-2-8-16-14-17(13-15(16)7-1)22-20-11-5-3-9-18(20)19-10-4-6-12-21(19)22;;;/h2*1-3,5,7-9,11,13-14H,4,6,10,12H2;2*1H;/q2*-1;;;+4/p-2. The van der Waals surface area contributed by atoms with E-state index in [1.165, 1.54) is 117 Å². The molecule has 2 aliphatic carbocycles. The van der Waals surface area contributed by atoms with Crippen LogP contribution in [0.5, 0.6) is 0 Å². The second-order valence-corrected chi connectivity index (χ2v) is 12.7. The van der Waals surface area contributed by atoms with Crippen molar-refractivity contribution in [1.82, 2.24) is 9.13 Å². The first-order valence-electron chi connectivity index (χ1n) is 16.4. The van der Waals surface area contributed by atoms with E-state index in [0.717, 1.165) is 0 Å². The summed E-state index contributed by atoms with van der Waals surface area (Å²) in [5.74, 6) is 0. The molecule has 0 fully saturated rings. The fourth-order valence-corrected chi connectivity index (χ4v) is 8.11. The summed E-state index contributed by atoms with van der Waals surface area (Å²) in [5.41, 5.74) is 11.6. The maximum absolute atomic E-state index is 2.50. The summed E-state index contributed by atoms with van der Waals surface area (Å²) < 4.78 is 5.01. The maximum atomic E-state index is 2.50. The fourth-order valence-electron chi connectivity index (χ4n) is 8.11. The summed E-state index contributed by atoms with van der Waals surface area (Å²) in [6, 6.07) is 44.4. The van der Waals surface area contributed by atoms with Gasteiger partial charge < -0.3 is 33.9 Å². The van der Waals surface area contributed by atoms with Gasteiger partial charge in [-0.15, -0.1) is 82.2 Å². The molecule has 5 heteroatoms. The van der Waals surface area contributed by atoms with Gasteiger partial charge in [-0.25, -0.2) is 0 Å². The zero-order chi connectivity index (χ0) is 29.0. The minimum absolute atomic E-state index is 0. The van der Waals surface area contributed by atoms with Crippen LogP contribution >= 0.6 is 0 Å². The summed E-state index contributed by atoms with van der Waals surface area (Å²) in [6.07, 6.45) is 10.1. The van der Waals surface area contributed by atoms with Crippen molar-refractivity contribution in [3.05, 3.63) is 144 Å². The summed E-state index contributed by atoms with van der Waals surface area (Å²) in [6.45, 7) is 0. The molecule has 0 amide bonds. The van der Waals surface area contributed by atoms with Crippen molar-refractivity contribution >= 4 is 43.4 Å². The molecule has 0 unspecified atom stereocenters. The fraction of sp³-hybridized carbons (Fsp3) is 0.190. The Morgan fingerprint density at radius 2 is 0.830 bits per heavy atom. The molecule has 0 saturated heterocycles. The van der Waals surface area contributed by atoms with Crippen LogP contribution in [0.1, 0.15) is 48.2 Å². The van der Waals surface area contributed by atoms with E-state index in [9.17, 15) is 0 Å². The Kier molecular flexibility index (Phi) is 10.0. The molecule has 0 radical (unpaired) electrons. The van der Waals surface area contributed by atoms with Crippen LogP contribution in [-0.4, -0.2) is 9.13 Å². The second kappa shape index (κ2) is 14.0. The molecule has 232 valence electrons. The number of aryl methyl sites for hydroxylation is 2. The van der Waals surface area contributed by atoms with Crippen LogP contribution in [0.15, 0.2) is 121 Å². The monoisotopic (exact) mass is 728 g/mol. The molecule has 0 bridgehead atoms. The van der Waals surface area contributed by atoms with Gasteiger partial charge >= 0.3 is 26.2 Å². The first-order valence-corrected chi connectivity index (χ1v) is 16.4. The van der Waals surface area contributed by atoms with Crippen molar-refractivity contribution in [2.24, 2.45) is 0 Å². The molecule has 2 aromatic heterocycles. The molecule has 0 saturated carbocycles. The molecule has 6 aromatic carbocycles. The normalized spacial score (nSPS) is 13.6. The Morgan fingerprint density at radius 3 is 1.28 bits per heavy atom. The van der Waals surface area contributed by atoms with Crippen molar-refractivity contribution in [2.75, 3.05) is 0 Å². The van der Waals surface area contributed by atoms with Crippen LogP contribution in [0.25, 0.3) is 54.7 Å². The van der Waals surface area contributed by atoms with Crippen molar-refractivity contribution in [1.29, 1.82) is 0 Å². The van der Waals surface area contributed by atoms with Gasteiger partial charge in [-0.1, -0.05) is 48.5 Å². The Labute approximate surface area is 308 Å². The van der Waals surface area contributed by atoms with Gasteiger partial charge in [-0.05, 0) is 86.0 Å². The predicted molar refractivity (Wildman–Crippen MR) is 186 cm³/mol. The van der Waals surface area contributed by atoms with Crippen LogP contribution in [0.3, 0.4) is 0 Å². The third kappa shape index (κ3) is 5.75. The van der Waals surface area contributed by atoms with E-state index in [2.05, 4.69) is 130 Å². The van der Waals surface area contributed by atoms with Gasteiger partial charge in [0.2, 0.25) is 0 Å². The van der Waals surface area contributed by atoms with E-state index in [1.54, 1.807) is 11.1 Å². The number of hydrogen-bond donors (Lipinski definition) is 0. The molecule has 2 heterocycles. The van der Waals surface area contributed by atoms with E-state index < -0.39 is 0 Å². The minimum atomic E-state index is 0. The van der Waals surface area contributed by atoms with E-state index in [-0.39, 0.29) is 51.0 Å². The van der Waals surface area contributed by atoms with Crippen molar-refractivity contribution < 1.29 is 51.0 Å². The third-order valence-electron chi connectivity index (χ3n) is 10.1. The van der Waals surface area contributed by atoms with Crippen LogP contribution < -0.4 is 24.8 Å².